The lowest BCUT2D eigenvalue weighted by atomic mass is 10.2. The lowest BCUT2D eigenvalue weighted by molar-refractivity contribution is -0.140. The number of carbonyl (C=O) groups is 1. The predicted molar refractivity (Wildman–Crippen MR) is 84.2 cm³/mol. The summed E-state index contributed by atoms with van der Waals surface area (Å²) in [5.41, 5.74) is 0.817. The van der Waals surface area contributed by atoms with E-state index < -0.39 is 15.3 Å². The zero-order chi connectivity index (χ0) is 15.3. The standard InChI is InChI=1S/C14H17NO4S2/c1-19-14(16)13-11-15(8-9-20-13)21(17,18)10-7-12-5-3-2-4-6-12/h2-7,10,13H,8-9,11H2,1H3/b10-7+/t13-/m0/s1. The van der Waals surface area contributed by atoms with Crippen LogP contribution in [0.4, 0.5) is 0 Å². The van der Waals surface area contributed by atoms with Gasteiger partial charge in [0.25, 0.3) is 0 Å². The van der Waals surface area contributed by atoms with Gasteiger partial charge in [-0.2, -0.15) is 4.31 Å². The van der Waals surface area contributed by atoms with Crippen molar-refractivity contribution < 1.29 is 17.9 Å². The number of nitrogens with zero attached hydrogens (tertiary/aromatic N) is 1. The largest absolute Gasteiger partial charge is 0.468 e. The summed E-state index contributed by atoms with van der Waals surface area (Å²) in [6.45, 7) is 0.554. The fraction of sp³-hybridized carbons (Fsp3) is 0.357. The Hall–Kier alpha value is -1.31. The van der Waals surface area contributed by atoms with Gasteiger partial charge in [0.15, 0.2) is 0 Å². The molecule has 0 saturated carbocycles. The van der Waals surface area contributed by atoms with Gasteiger partial charge in [-0.05, 0) is 11.6 Å². The van der Waals surface area contributed by atoms with Crippen molar-refractivity contribution >= 4 is 33.8 Å². The Morgan fingerprint density at radius 3 is 2.76 bits per heavy atom. The topological polar surface area (TPSA) is 63.7 Å². The molecule has 5 nitrogen and oxygen atoms in total. The molecule has 0 aliphatic carbocycles. The molecule has 0 N–H and O–H groups in total. The van der Waals surface area contributed by atoms with E-state index in [4.69, 9.17) is 0 Å². The van der Waals surface area contributed by atoms with E-state index in [1.165, 1.54) is 28.6 Å². The van der Waals surface area contributed by atoms with Crippen LogP contribution in [-0.4, -0.2) is 49.9 Å². The maximum absolute atomic E-state index is 12.3. The van der Waals surface area contributed by atoms with Crippen LogP contribution in [0.25, 0.3) is 6.08 Å². The maximum atomic E-state index is 12.3. The van der Waals surface area contributed by atoms with Gasteiger partial charge >= 0.3 is 5.97 Å². The normalized spacial score (nSPS) is 20.5. The van der Waals surface area contributed by atoms with E-state index in [0.717, 1.165) is 5.56 Å². The summed E-state index contributed by atoms with van der Waals surface area (Å²) in [6, 6.07) is 9.22. The molecule has 21 heavy (non-hydrogen) atoms. The SMILES string of the molecule is COC(=O)[C@@H]1CN(S(=O)(=O)/C=C/c2ccccc2)CCS1. The monoisotopic (exact) mass is 327 g/mol. The molecular weight excluding hydrogens is 310 g/mol. The van der Waals surface area contributed by atoms with Gasteiger partial charge < -0.3 is 4.74 Å². The lowest BCUT2D eigenvalue weighted by Gasteiger charge is -2.29. The van der Waals surface area contributed by atoms with Gasteiger partial charge in [0.1, 0.15) is 5.25 Å². The fourth-order valence-corrected chi connectivity index (χ4v) is 4.49. The van der Waals surface area contributed by atoms with Crippen molar-refractivity contribution in [2.24, 2.45) is 0 Å². The van der Waals surface area contributed by atoms with Gasteiger partial charge in [0.2, 0.25) is 10.0 Å². The fourth-order valence-electron chi connectivity index (χ4n) is 1.95. The number of rotatable bonds is 4. The highest BCUT2D eigenvalue weighted by molar-refractivity contribution is 8.00. The maximum Gasteiger partial charge on any atom is 0.320 e. The molecule has 1 fully saturated rings. The third-order valence-corrected chi connectivity index (χ3v) is 5.78. The molecule has 0 unspecified atom stereocenters. The molecule has 1 aromatic carbocycles. The number of hydrogen-bond donors (Lipinski definition) is 0. The van der Waals surface area contributed by atoms with E-state index in [0.29, 0.717) is 12.3 Å². The summed E-state index contributed by atoms with van der Waals surface area (Å²) in [6.07, 6.45) is 1.56. The van der Waals surface area contributed by atoms with E-state index in [1.807, 2.05) is 30.3 Å². The first-order chi connectivity index (χ1) is 10.0. The molecule has 1 saturated heterocycles. The van der Waals surface area contributed by atoms with E-state index in [2.05, 4.69) is 4.74 Å². The summed E-state index contributed by atoms with van der Waals surface area (Å²) < 4.78 is 30.6. The molecule has 2 rings (SSSR count). The minimum atomic E-state index is -3.52. The van der Waals surface area contributed by atoms with Crippen LogP contribution in [0, 0.1) is 0 Å². The number of benzene rings is 1. The van der Waals surface area contributed by atoms with Crippen LogP contribution in [0.2, 0.25) is 0 Å². The second kappa shape index (κ2) is 7.11. The number of sulfonamides is 1. The van der Waals surface area contributed by atoms with Crippen LogP contribution in [0.1, 0.15) is 5.56 Å². The molecule has 0 spiro atoms. The van der Waals surface area contributed by atoms with Gasteiger partial charge in [-0.25, -0.2) is 8.42 Å². The first-order valence-electron chi connectivity index (χ1n) is 6.45. The molecule has 1 aliphatic rings. The molecule has 1 heterocycles. The highest BCUT2D eigenvalue weighted by Gasteiger charge is 2.32. The second-order valence-electron chi connectivity index (χ2n) is 4.50. The number of thioether (sulfide) groups is 1. The minimum Gasteiger partial charge on any atom is -0.468 e. The number of esters is 1. The van der Waals surface area contributed by atoms with Crippen molar-refractivity contribution in [1.29, 1.82) is 0 Å². The van der Waals surface area contributed by atoms with Gasteiger partial charge in [0, 0.05) is 24.3 Å². The molecule has 0 amide bonds. The average molecular weight is 327 g/mol. The van der Waals surface area contributed by atoms with Crippen molar-refractivity contribution in [1.82, 2.24) is 4.31 Å². The number of ether oxygens (including phenoxy) is 1. The van der Waals surface area contributed by atoms with Crippen LogP contribution < -0.4 is 0 Å². The third kappa shape index (κ3) is 4.33. The Bertz CT molecular complexity index is 613. The summed E-state index contributed by atoms with van der Waals surface area (Å²) in [4.78, 5) is 11.5. The zero-order valence-corrected chi connectivity index (χ0v) is 13.3. The molecule has 1 aromatic rings. The quantitative estimate of drug-likeness (QED) is 0.786. The molecule has 7 heteroatoms. The summed E-state index contributed by atoms with van der Waals surface area (Å²) >= 11 is 1.43. The molecule has 0 aromatic heterocycles. The molecule has 0 bridgehead atoms. The Kier molecular flexibility index (Phi) is 5.44. The highest BCUT2D eigenvalue weighted by atomic mass is 32.2. The van der Waals surface area contributed by atoms with E-state index in [9.17, 15) is 13.2 Å². The molecular formula is C14H17NO4S2. The molecule has 1 aliphatic heterocycles. The van der Waals surface area contributed by atoms with Crippen LogP contribution in [-0.2, 0) is 19.6 Å². The average Bonchev–Trinajstić information content (AvgIpc) is 2.53. The van der Waals surface area contributed by atoms with Crippen molar-refractivity contribution in [2.45, 2.75) is 5.25 Å². The lowest BCUT2D eigenvalue weighted by Crippen LogP contribution is -2.44. The second-order valence-corrected chi connectivity index (χ2v) is 7.63. The smallest absolute Gasteiger partial charge is 0.320 e. The van der Waals surface area contributed by atoms with Crippen molar-refractivity contribution in [3.8, 4) is 0 Å². The summed E-state index contributed by atoms with van der Waals surface area (Å²) in [5, 5.41) is 0.732. The summed E-state index contributed by atoms with van der Waals surface area (Å²) in [7, 11) is -2.21. The highest BCUT2D eigenvalue weighted by Crippen LogP contribution is 2.22. The molecule has 1 atom stereocenters. The molecule has 0 radical (unpaired) electrons. The van der Waals surface area contributed by atoms with E-state index in [1.54, 1.807) is 6.08 Å². The van der Waals surface area contributed by atoms with Crippen LogP contribution in [0.15, 0.2) is 35.7 Å². The van der Waals surface area contributed by atoms with E-state index in [-0.39, 0.29) is 12.5 Å². The Morgan fingerprint density at radius 2 is 2.10 bits per heavy atom. The van der Waals surface area contributed by atoms with Crippen molar-refractivity contribution in [3.05, 3.63) is 41.3 Å². The third-order valence-electron chi connectivity index (χ3n) is 3.09. The number of hydrogen-bond acceptors (Lipinski definition) is 5. The predicted octanol–water partition coefficient (Wildman–Crippen LogP) is 1.58. The Labute approximate surface area is 129 Å². The van der Waals surface area contributed by atoms with Crippen molar-refractivity contribution in [2.75, 3.05) is 26.0 Å². The van der Waals surface area contributed by atoms with Crippen LogP contribution in [0.3, 0.4) is 0 Å². The summed E-state index contributed by atoms with van der Waals surface area (Å²) in [5.74, 6) is 0.199. The van der Waals surface area contributed by atoms with Gasteiger partial charge in [-0.1, -0.05) is 30.3 Å². The van der Waals surface area contributed by atoms with Gasteiger partial charge in [-0.3, -0.25) is 4.79 Å². The van der Waals surface area contributed by atoms with Gasteiger partial charge in [0.05, 0.1) is 7.11 Å². The minimum absolute atomic E-state index is 0.152. The Balaban J connectivity index is 2.08. The van der Waals surface area contributed by atoms with Crippen LogP contribution >= 0.6 is 11.8 Å². The zero-order valence-electron chi connectivity index (χ0n) is 11.6. The first-order valence-corrected chi connectivity index (χ1v) is 9.01. The number of methoxy groups -OCH3 is 1. The number of carbonyl (C=O) groups excluding carboxylic acids is 1. The van der Waals surface area contributed by atoms with Gasteiger partial charge in [-0.15, -0.1) is 11.8 Å². The Morgan fingerprint density at radius 1 is 1.38 bits per heavy atom. The first kappa shape index (κ1) is 16.1. The van der Waals surface area contributed by atoms with E-state index >= 15 is 0 Å². The van der Waals surface area contributed by atoms with Crippen LogP contribution in [0.5, 0.6) is 0 Å². The van der Waals surface area contributed by atoms with Crippen molar-refractivity contribution in [3.63, 3.8) is 0 Å². The molecule has 114 valence electrons.